The Labute approximate surface area is 181 Å². The van der Waals surface area contributed by atoms with Crippen molar-refractivity contribution in [3.63, 3.8) is 0 Å². The minimum Gasteiger partial charge on any atom is -0.484 e. The van der Waals surface area contributed by atoms with Crippen LogP contribution in [0.25, 0.3) is 11.3 Å². The highest BCUT2D eigenvalue weighted by molar-refractivity contribution is 5.78. The lowest BCUT2D eigenvalue weighted by molar-refractivity contribution is -0.133. The number of amides is 1. The second kappa shape index (κ2) is 9.12. The fourth-order valence-electron chi connectivity index (χ4n) is 3.71. The normalized spacial score (nSPS) is 13.9. The molecule has 1 aromatic heterocycles. The van der Waals surface area contributed by atoms with Gasteiger partial charge in [-0.2, -0.15) is 0 Å². The number of aryl methyl sites for hydroxylation is 2. The Hall–Kier alpha value is -3.48. The first-order chi connectivity index (χ1) is 15.0. The Morgan fingerprint density at radius 2 is 1.61 bits per heavy atom. The van der Waals surface area contributed by atoms with Crippen molar-refractivity contribution in [1.29, 1.82) is 0 Å². The maximum atomic E-state index is 13.1. The van der Waals surface area contributed by atoms with Gasteiger partial charge in [-0.15, -0.1) is 10.2 Å². The molecule has 31 heavy (non-hydrogen) atoms. The van der Waals surface area contributed by atoms with E-state index in [0.717, 1.165) is 28.3 Å². The van der Waals surface area contributed by atoms with Gasteiger partial charge in [0.25, 0.3) is 5.91 Å². The van der Waals surface area contributed by atoms with Crippen molar-refractivity contribution in [3.05, 3.63) is 71.5 Å². The Bertz CT molecular complexity index is 1030. The Morgan fingerprint density at radius 3 is 2.23 bits per heavy atom. The fourth-order valence-corrected chi connectivity index (χ4v) is 3.71. The van der Waals surface area contributed by atoms with Gasteiger partial charge < -0.3 is 14.5 Å². The van der Waals surface area contributed by atoms with Crippen LogP contribution in [0.1, 0.15) is 11.1 Å². The molecule has 1 amide bonds. The van der Waals surface area contributed by atoms with Crippen molar-refractivity contribution in [2.45, 2.75) is 13.8 Å². The average molecular weight is 420 g/mol. The minimum absolute atomic E-state index is 0.0171. The highest BCUT2D eigenvalue weighted by atomic mass is 19.1. The SMILES string of the molecule is Cc1cc(C)cc(OCC(=O)N2CCN(c3ccc(-c4ccc(F)cc4)nn3)CC2)c1. The summed E-state index contributed by atoms with van der Waals surface area (Å²) in [7, 11) is 0. The van der Waals surface area contributed by atoms with Gasteiger partial charge in [0.2, 0.25) is 0 Å². The maximum Gasteiger partial charge on any atom is 0.260 e. The number of hydrogen-bond donors (Lipinski definition) is 0. The van der Waals surface area contributed by atoms with Crippen molar-refractivity contribution in [1.82, 2.24) is 15.1 Å². The van der Waals surface area contributed by atoms with Crippen LogP contribution < -0.4 is 9.64 Å². The van der Waals surface area contributed by atoms with E-state index in [1.807, 2.05) is 43.0 Å². The number of anilines is 1. The molecule has 6 nitrogen and oxygen atoms in total. The average Bonchev–Trinajstić information content (AvgIpc) is 2.78. The van der Waals surface area contributed by atoms with Crippen LogP contribution in [-0.4, -0.2) is 53.8 Å². The number of piperazine rings is 1. The summed E-state index contributed by atoms with van der Waals surface area (Å²) in [6.45, 7) is 6.63. The molecule has 1 saturated heterocycles. The summed E-state index contributed by atoms with van der Waals surface area (Å²) in [5, 5.41) is 8.59. The first-order valence-corrected chi connectivity index (χ1v) is 10.3. The van der Waals surface area contributed by atoms with Crippen molar-refractivity contribution in [2.75, 3.05) is 37.7 Å². The molecule has 1 fully saturated rings. The predicted molar refractivity (Wildman–Crippen MR) is 118 cm³/mol. The summed E-state index contributed by atoms with van der Waals surface area (Å²) >= 11 is 0. The minimum atomic E-state index is -0.278. The van der Waals surface area contributed by atoms with Gasteiger partial charge >= 0.3 is 0 Å². The number of aromatic nitrogens is 2. The summed E-state index contributed by atoms with van der Waals surface area (Å²) in [5.74, 6) is 1.20. The van der Waals surface area contributed by atoms with Crippen LogP contribution >= 0.6 is 0 Å². The third-order valence-electron chi connectivity index (χ3n) is 5.30. The van der Waals surface area contributed by atoms with Gasteiger partial charge in [-0.1, -0.05) is 6.07 Å². The Kier molecular flexibility index (Phi) is 6.11. The molecule has 1 aliphatic rings. The van der Waals surface area contributed by atoms with E-state index in [1.54, 1.807) is 12.1 Å². The highest BCUT2D eigenvalue weighted by Crippen LogP contribution is 2.20. The molecule has 3 aromatic rings. The van der Waals surface area contributed by atoms with E-state index in [9.17, 15) is 9.18 Å². The lowest BCUT2D eigenvalue weighted by atomic mass is 10.1. The largest absolute Gasteiger partial charge is 0.484 e. The van der Waals surface area contributed by atoms with Crippen LogP contribution in [0.3, 0.4) is 0 Å². The molecule has 7 heteroatoms. The molecule has 2 heterocycles. The molecule has 0 spiro atoms. The van der Waals surface area contributed by atoms with Gasteiger partial charge in [0.05, 0.1) is 5.69 Å². The zero-order valence-electron chi connectivity index (χ0n) is 17.7. The number of carbonyl (C=O) groups excluding carboxylic acids is 1. The van der Waals surface area contributed by atoms with Gasteiger partial charge in [0.1, 0.15) is 11.6 Å². The third kappa shape index (κ3) is 5.17. The smallest absolute Gasteiger partial charge is 0.260 e. The monoisotopic (exact) mass is 420 g/mol. The van der Waals surface area contributed by atoms with Crippen LogP contribution in [0.5, 0.6) is 5.75 Å². The van der Waals surface area contributed by atoms with E-state index in [-0.39, 0.29) is 18.3 Å². The lowest BCUT2D eigenvalue weighted by Gasteiger charge is -2.35. The van der Waals surface area contributed by atoms with Gasteiger partial charge in [-0.25, -0.2) is 4.39 Å². The number of halogens is 1. The summed E-state index contributed by atoms with van der Waals surface area (Å²) in [6, 6.07) is 15.9. The Morgan fingerprint density at radius 1 is 0.935 bits per heavy atom. The number of benzene rings is 2. The number of nitrogens with zero attached hydrogens (tertiary/aromatic N) is 4. The van der Waals surface area contributed by atoms with E-state index in [2.05, 4.69) is 21.2 Å². The first kappa shape index (κ1) is 20.8. The molecule has 0 radical (unpaired) electrons. The highest BCUT2D eigenvalue weighted by Gasteiger charge is 2.22. The molecule has 1 aliphatic heterocycles. The van der Waals surface area contributed by atoms with Gasteiger partial charge in [-0.05, 0) is 73.5 Å². The molecule has 0 N–H and O–H groups in total. The van der Waals surface area contributed by atoms with Crippen molar-refractivity contribution in [2.24, 2.45) is 0 Å². The van der Waals surface area contributed by atoms with E-state index in [0.29, 0.717) is 31.9 Å². The third-order valence-corrected chi connectivity index (χ3v) is 5.30. The number of ether oxygens (including phenoxy) is 1. The molecule has 2 aromatic carbocycles. The van der Waals surface area contributed by atoms with Gasteiger partial charge in [0, 0.05) is 31.7 Å². The summed E-state index contributed by atoms with van der Waals surface area (Å²) < 4.78 is 18.8. The van der Waals surface area contributed by atoms with E-state index in [4.69, 9.17) is 4.74 Å². The predicted octanol–water partition coefficient (Wildman–Crippen LogP) is 3.63. The van der Waals surface area contributed by atoms with Gasteiger partial charge in [0.15, 0.2) is 12.4 Å². The van der Waals surface area contributed by atoms with Crippen LogP contribution in [-0.2, 0) is 4.79 Å². The van der Waals surface area contributed by atoms with Crippen molar-refractivity contribution >= 4 is 11.7 Å². The molecule has 0 bridgehead atoms. The van der Waals surface area contributed by atoms with Crippen LogP contribution in [0, 0.1) is 19.7 Å². The van der Waals surface area contributed by atoms with E-state index < -0.39 is 0 Å². The van der Waals surface area contributed by atoms with Crippen LogP contribution in [0.15, 0.2) is 54.6 Å². The van der Waals surface area contributed by atoms with Gasteiger partial charge in [-0.3, -0.25) is 4.79 Å². The quantitative estimate of drug-likeness (QED) is 0.631. The molecular formula is C24H25FN4O2. The second-order valence-electron chi connectivity index (χ2n) is 7.76. The molecule has 4 rings (SSSR count). The van der Waals surface area contributed by atoms with Crippen molar-refractivity contribution in [3.8, 4) is 17.0 Å². The maximum absolute atomic E-state index is 13.1. The molecule has 0 aliphatic carbocycles. The number of carbonyl (C=O) groups is 1. The molecule has 0 unspecified atom stereocenters. The second-order valence-corrected chi connectivity index (χ2v) is 7.76. The summed E-state index contributed by atoms with van der Waals surface area (Å²) in [6.07, 6.45) is 0. The van der Waals surface area contributed by atoms with Crippen LogP contribution in [0.2, 0.25) is 0 Å². The topological polar surface area (TPSA) is 58.6 Å². The first-order valence-electron chi connectivity index (χ1n) is 10.3. The van der Waals surface area contributed by atoms with Crippen molar-refractivity contribution < 1.29 is 13.9 Å². The summed E-state index contributed by atoms with van der Waals surface area (Å²) in [4.78, 5) is 16.5. The molecule has 160 valence electrons. The fraction of sp³-hybridized carbons (Fsp3) is 0.292. The molecule has 0 saturated carbocycles. The summed E-state index contributed by atoms with van der Waals surface area (Å²) in [5.41, 5.74) is 3.74. The number of hydrogen-bond acceptors (Lipinski definition) is 5. The van der Waals surface area contributed by atoms with Crippen LogP contribution in [0.4, 0.5) is 10.2 Å². The van der Waals surface area contributed by atoms with E-state index in [1.165, 1.54) is 12.1 Å². The molecular weight excluding hydrogens is 395 g/mol. The van der Waals surface area contributed by atoms with E-state index >= 15 is 0 Å². The molecule has 0 atom stereocenters. The standard InChI is InChI=1S/C24H25FN4O2/c1-17-13-18(2)15-21(14-17)31-16-24(30)29-11-9-28(10-12-29)23-8-7-22(26-27-23)19-3-5-20(25)6-4-19/h3-8,13-15H,9-12,16H2,1-2H3. The lowest BCUT2D eigenvalue weighted by Crippen LogP contribution is -2.50. The zero-order valence-corrected chi connectivity index (χ0v) is 17.7. The number of rotatable bonds is 5. The Balaban J connectivity index is 1.29. The zero-order chi connectivity index (χ0) is 21.8.